The summed E-state index contributed by atoms with van der Waals surface area (Å²) in [7, 11) is -3.50. The van der Waals surface area contributed by atoms with Crippen LogP contribution in [0.15, 0.2) is 48.5 Å². The fraction of sp³-hybridized carbons (Fsp3) is 0.263. The molecule has 7 nitrogen and oxygen atoms in total. The summed E-state index contributed by atoms with van der Waals surface area (Å²) >= 11 is 5.94. The molecule has 0 saturated carbocycles. The van der Waals surface area contributed by atoms with E-state index in [0.717, 1.165) is 6.26 Å². The van der Waals surface area contributed by atoms with Crippen LogP contribution in [0.3, 0.4) is 0 Å². The molecule has 2 amide bonds. The number of nitrogens with zero attached hydrogens (tertiary/aromatic N) is 1. The van der Waals surface area contributed by atoms with Crippen molar-refractivity contribution in [2.24, 2.45) is 0 Å². The molecule has 0 bridgehead atoms. The summed E-state index contributed by atoms with van der Waals surface area (Å²) in [6.45, 7) is 1.58. The number of rotatable bonds is 8. The van der Waals surface area contributed by atoms with E-state index < -0.39 is 10.0 Å². The third-order valence-corrected chi connectivity index (χ3v) is 5.18. The molecule has 0 aliphatic heterocycles. The van der Waals surface area contributed by atoms with Gasteiger partial charge in [-0.1, -0.05) is 17.7 Å². The second-order valence-electron chi connectivity index (χ2n) is 6.23. The molecule has 9 heteroatoms. The molecule has 0 fully saturated rings. The predicted molar refractivity (Wildman–Crippen MR) is 112 cm³/mol. The van der Waals surface area contributed by atoms with Gasteiger partial charge in [-0.15, -0.1) is 0 Å². The summed E-state index contributed by atoms with van der Waals surface area (Å²) in [6.07, 6.45) is 1.61. The molecule has 0 radical (unpaired) electrons. The zero-order chi connectivity index (χ0) is 20.7. The van der Waals surface area contributed by atoms with Gasteiger partial charge in [0.05, 0.1) is 11.9 Å². The normalized spacial score (nSPS) is 11.0. The minimum Gasteiger partial charge on any atom is -0.326 e. The van der Waals surface area contributed by atoms with Crippen LogP contribution in [0.2, 0.25) is 5.02 Å². The van der Waals surface area contributed by atoms with Gasteiger partial charge in [-0.2, -0.15) is 0 Å². The molecule has 0 aliphatic carbocycles. The first-order chi connectivity index (χ1) is 13.1. The van der Waals surface area contributed by atoms with Crippen molar-refractivity contribution in [3.05, 3.63) is 53.6 Å². The monoisotopic (exact) mass is 423 g/mol. The van der Waals surface area contributed by atoms with Crippen molar-refractivity contribution < 1.29 is 18.0 Å². The van der Waals surface area contributed by atoms with Crippen molar-refractivity contribution >= 4 is 50.5 Å². The predicted octanol–water partition coefficient (Wildman–Crippen LogP) is 3.48. The highest BCUT2D eigenvalue weighted by molar-refractivity contribution is 7.92. The lowest BCUT2D eigenvalue weighted by molar-refractivity contribution is -0.116. The van der Waals surface area contributed by atoms with Gasteiger partial charge in [-0.3, -0.25) is 13.9 Å². The SMILES string of the molecule is CC(=O)Nc1ccc(NC(=O)CCCN(c2cccc(Cl)c2)S(C)(=O)=O)cc1. The fourth-order valence-electron chi connectivity index (χ4n) is 2.56. The second kappa shape index (κ2) is 9.57. The zero-order valence-electron chi connectivity index (χ0n) is 15.6. The van der Waals surface area contributed by atoms with E-state index in [-0.39, 0.29) is 24.8 Å². The first-order valence-electron chi connectivity index (χ1n) is 8.56. The number of hydrogen-bond acceptors (Lipinski definition) is 4. The number of halogens is 1. The molecular formula is C19H22ClN3O4S. The molecule has 150 valence electrons. The highest BCUT2D eigenvalue weighted by atomic mass is 35.5. The van der Waals surface area contributed by atoms with Crippen molar-refractivity contribution in [2.45, 2.75) is 19.8 Å². The van der Waals surface area contributed by atoms with E-state index in [2.05, 4.69) is 10.6 Å². The summed E-state index contributed by atoms with van der Waals surface area (Å²) in [4.78, 5) is 23.1. The van der Waals surface area contributed by atoms with Crippen molar-refractivity contribution in [1.82, 2.24) is 0 Å². The maximum absolute atomic E-state index is 12.1. The Morgan fingerprint density at radius 3 is 2.18 bits per heavy atom. The Kier molecular flexibility index (Phi) is 7.42. The Labute approximate surface area is 169 Å². The molecule has 0 saturated heterocycles. The number of sulfonamides is 1. The molecule has 0 atom stereocenters. The van der Waals surface area contributed by atoms with E-state index in [1.54, 1.807) is 48.5 Å². The van der Waals surface area contributed by atoms with Crippen LogP contribution in [0.4, 0.5) is 17.1 Å². The maximum atomic E-state index is 12.1. The summed E-state index contributed by atoms with van der Waals surface area (Å²) in [5.41, 5.74) is 1.69. The molecular weight excluding hydrogens is 402 g/mol. The van der Waals surface area contributed by atoms with E-state index in [9.17, 15) is 18.0 Å². The molecule has 0 aliphatic rings. The number of nitrogens with one attached hydrogen (secondary N) is 2. The lowest BCUT2D eigenvalue weighted by Gasteiger charge is -2.22. The Morgan fingerprint density at radius 1 is 1.04 bits per heavy atom. The van der Waals surface area contributed by atoms with E-state index in [1.807, 2.05) is 0 Å². The molecule has 0 spiro atoms. The van der Waals surface area contributed by atoms with E-state index >= 15 is 0 Å². The van der Waals surface area contributed by atoms with Crippen LogP contribution in [0.25, 0.3) is 0 Å². The Morgan fingerprint density at radius 2 is 1.64 bits per heavy atom. The summed E-state index contributed by atoms with van der Waals surface area (Å²) in [5.74, 6) is -0.404. The molecule has 2 aromatic rings. The average Bonchev–Trinajstić information content (AvgIpc) is 2.59. The molecule has 0 heterocycles. The zero-order valence-corrected chi connectivity index (χ0v) is 17.2. The third-order valence-electron chi connectivity index (χ3n) is 3.75. The first-order valence-corrected chi connectivity index (χ1v) is 10.8. The summed E-state index contributed by atoms with van der Waals surface area (Å²) in [6, 6.07) is 13.3. The summed E-state index contributed by atoms with van der Waals surface area (Å²) < 4.78 is 25.4. The molecule has 2 N–H and O–H groups in total. The van der Waals surface area contributed by atoms with Gasteiger partial charge in [0.15, 0.2) is 0 Å². The number of anilines is 3. The number of hydrogen-bond donors (Lipinski definition) is 2. The van der Waals surface area contributed by atoms with Crippen LogP contribution >= 0.6 is 11.6 Å². The standard InChI is InChI=1S/C19H22ClN3O4S/c1-14(24)21-16-8-10-17(11-9-16)22-19(25)7-4-12-23(28(2,26)27)18-6-3-5-15(20)13-18/h3,5-6,8-11,13H,4,7,12H2,1-2H3,(H,21,24)(H,22,25). The van der Waals surface area contributed by atoms with Gasteiger partial charge >= 0.3 is 0 Å². The molecule has 28 heavy (non-hydrogen) atoms. The molecule has 2 aromatic carbocycles. The van der Waals surface area contributed by atoms with Crippen molar-refractivity contribution in [2.75, 3.05) is 27.7 Å². The van der Waals surface area contributed by atoms with Crippen LogP contribution in [0.5, 0.6) is 0 Å². The van der Waals surface area contributed by atoms with Crippen LogP contribution in [-0.2, 0) is 19.6 Å². The Bertz CT molecular complexity index is 946. The molecule has 0 unspecified atom stereocenters. The minimum atomic E-state index is -3.50. The third kappa shape index (κ3) is 6.86. The first kappa shape index (κ1) is 21.7. The fourth-order valence-corrected chi connectivity index (χ4v) is 3.71. The minimum absolute atomic E-state index is 0.153. The van der Waals surface area contributed by atoms with Gasteiger partial charge < -0.3 is 10.6 Å². The lowest BCUT2D eigenvalue weighted by Crippen LogP contribution is -2.31. The van der Waals surface area contributed by atoms with Crippen molar-refractivity contribution in [3.63, 3.8) is 0 Å². The average molecular weight is 424 g/mol. The van der Waals surface area contributed by atoms with Gasteiger partial charge in [0, 0.05) is 36.3 Å². The van der Waals surface area contributed by atoms with Crippen LogP contribution in [0.1, 0.15) is 19.8 Å². The number of carbonyl (C=O) groups is 2. The quantitative estimate of drug-likeness (QED) is 0.679. The Balaban J connectivity index is 1.91. The van der Waals surface area contributed by atoms with E-state index in [4.69, 9.17) is 11.6 Å². The van der Waals surface area contributed by atoms with Gasteiger partial charge in [0.25, 0.3) is 0 Å². The van der Waals surface area contributed by atoms with Gasteiger partial charge in [0.2, 0.25) is 21.8 Å². The van der Waals surface area contributed by atoms with Crippen molar-refractivity contribution in [3.8, 4) is 0 Å². The van der Waals surface area contributed by atoms with E-state index in [1.165, 1.54) is 11.2 Å². The number of amides is 2. The highest BCUT2D eigenvalue weighted by Gasteiger charge is 2.17. The van der Waals surface area contributed by atoms with Gasteiger partial charge in [-0.05, 0) is 48.9 Å². The lowest BCUT2D eigenvalue weighted by atomic mass is 10.2. The highest BCUT2D eigenvalue weighted by Crippen LogP contribution is 2.22. The maximum Gasteiger partial charge on any atom is 0.232 e. The largest absolute Gasteiger partial charge is 0.326 e. The topological polar surface area (TPSA) is 95.6 Å². The van der Waals surface area contributed by atoms with Crippen molar-refractivity contribution in [1.29, 1.82) is 0 Å². The second-order valence-corrected chi connectivity index (χ2v) is 8.57. The molecule has 2 rings (SSSR count). The van der Waals surface area contributed by atoms with E-state index in [0.29, 0.717) is 28.5 Å². The number of benzene rings is 2. The van der Waals surface area contributed by atoms with Crippen LogP contribution in [0, 0.1) is 0 Å². The Hall–Kier alpha value is -2.58. The van der Waals surface area contributed by atoms with Crippen LogP contribution < -0.4 is 14.9 Å². The van der Waals surface area contributed by atoms with Gasteiger partial charge in [-0.25, -0.2) is 8.42 Å². The number of carbonyl (C=O) groups excluding carboxylic acids is 2. The summed E-state index contributed by atoms with van der Waals surface area (Å²) in [5, 5.41) is 5.82. The van der Waals surface area contributed by atoms with Crippen LogP contribution in [-0.4, -0.2) is 33.0 Å². The molecule has 0 aromatic heterocycles. The smallest absolute Gasteiger partial charge is 0.232 e. The van der Waals surface area contributed by atoms with Gasteiger partial charge in [0.1, 0.15) is 0 Å².